The van der Waals surface area contributed by atoms with Crippen molar-refractivity contribution in [2.24, 2.45) is 0 Å². The van der Waals surface area contributed by atoms with Crippen molar-refractivity contribution in [1.82, 2.24) is 5.32 Å². The zero-order chi connectivity index (χ0) is 14.2. The minimum atomic E-state index is -0.213. The van der Waals surface area contributed by atoms with Crippen molar-refractivity contribution in [1.29, 1.82) is 0 Å². The summed E-state index contributed by atoms with van der Waals surface area (Å²) in [6.45, 7) is 0.679. The molecule has 1 N–H and O–H groups in total. The van der Waals surface area contributed by atoms with Gasteiger partial charge in [0, 0.05) is 16.3 Å². The van der Waals surface area contributed by atoms with Gasteiger partial charge in [0.2, 0.25) is 5.91 Å². The van der Waals surface area contributed by atoms with Crippen LogP contribution in [0, 0.1) is 5.82 Å². The van der Waals surface area contributed by atoms with Crippen LogP contribution in [0.1, 0.15) is 11.3 Å². The highest BCUT2D eigenvalue weighted by atomic mass is 32.2. The first kappa shape index (κ1) is 15.1. The van der Waals surface area contributed by atoms with E-state index in [1.54, 1.807) is 35.2 Å². The molecule has 2 nitrogen and oxygen atoms in total. The molecule has 2 rings (SSSR count). The predicted octanol–water partition coefficient (Wildman–Crippen LogP) is 3.73. The van der Waals surface area contributed by atoms with Crippen molar-refractivity contribution in [3.05, 3.63) is 52.5 Å². The maximum Gasteiger partial charge on any atom is 0.225 e. The summed E-state index contributed by atoms with van der Waals surface area (Å²) < 4.78 is 12.7. The highest BCUT2D eigenvalue weighted by molar-refractivity contribution is 7.99. The van der Waals surface area contributed by atoms with Gasteiger partial charge in [-0.05, 0) is 47.9 Å². The first-order valence-corrected chi connectivity index (χ1v) is 8.28. The van der Waals surface area contributed by atoms with Gasteiger partial charge in [0.1, 0.15) is 5.82 Å². The molecular formula is C15H16FNOS2. The van der Waals surface area contributed by atoms with Crippen LogP contribution in [0.3, 0.4) is 0 Å². The standard InChI is InChI=1S/C15H16FNOS2/c16-12-4-6-13(7-5-12)19-10-2-8-17-15(18)11-14-3-1-9-20-14/h1,3-7,9H,2,8,10-11H2,(H,17,18). The quantitative estimate of drug-likeness (QED) is 0.624. The zero-order valence-corrected chi connectivity index (χ0v) is 12.6. The van der Waals surface area contributed by atoms with Gasteiger partial charge in [-0.2, -0.15) is 0 Å². The molecule has 106 valence electrons. The first-order chi connectivity index (χ1) is 9.74. The lowest BCUT2D eigenvalue weighted by molar-refractivity contribution is -0.120. The Bertz CT molecular complexity index is 525. The second kappa shape index (κ2) is 8.07. The highest BCUT2D eigenvalue weighted by Crippen LogP contribution is 2.18. The fraction of sp³-hybridized carbons (Fsp3) is 0.267. The number of thioether (sulfide) groups is 1. The zero-order valence-electron chi connectivity index (χ0n) is 11.0. The summed E-state index contributed by atoms with van der Waals surface area (Å²) in [5.41, 5.74) is 0. The van der Waals surface area contributed by atoms with Crippen LogP contribution >= 0.6 is 23.1 Å². The van der Waals surface area contributed by atoms with E-state index >= 15 is 0 Å². The molecule has 1 heterocycles. The largest absolute Gasteiger partial charge is 0.356 e. The number of carbonyl (C=O) groups is 1. The van der Waals surface area contributed by atoms with E-state index in [0.717, 1.165) is 21.9 Å². The van der Waals surface area contributed by atoms with Crippen molar-refractivity contribution in [2.75, 3.05) is 12.3 Å². The SMILES string of the molecule is O=C(Cc1cccs1)NCCCSc1ccc(F)cc1. The Kier molecular flexibility index (Phi) is 6.08. The van der Waals surface area contributed by atoms with E-state index in [1.165, 1.54) is 12.1 Å². The Morgan fingerprint density at radius 2 is 2.05 bits per heavy atom. The van der Waals surface area contributed by atoms with E-state index in [0.29, 0.717) is 13.0 Å². The third kappa shape index (κ3) is 5.35. The van der Waals surface area contributed by atoms with E-state index in [9.17, 15) is 9.18 Å². The maximum atomic E-state index is 12.7. The Balaban J connectivity index is 1.57. The lowest BCUT2D eigenvalue weighted by Gasteiger charge is -2.04. The van der Waals surface area contributed by atoms with Crippen molar-refractivity contribution in [2.45, 2.75) is 17.7 Å². The molecule has 0 aliphatic rings. The molecule has 5 heteroatoms. The van der Waals surface area contributed by atoms with Gasteiger partial charge in [-0.15, -0.1) is 23.1 Å². The van der Waals surface area contributed by atoms with Crippen molar-refractivity contribution >= 4 is 29.0 Å². The Labute approximate surface area is 126 Å². The second-order valence-electron chi connectivity index (χ2n) is 4.26. The average Bonchev–Trinajstić information content (AvgIpc) is 2.93. The molecule has 0 fully saturated rings. The number of rotatable bonds is 7. The fourth-order valence-electron chi connectivity index (χ4n) is 1.65. The van der Waals surface area contributed by atoms with Gasteiger partial charge in [-0.1, -0.05) is 6.07 Å². The molecule has 1 amide bonds. The van der Waals surface area contributed by atoms with E-state index in [-0.39, 0.29) is 11.7 Å². The molecule has 0 spiro atoms. The number of hydrogen-bond acceptors (Lipinski definition) is 3. The Morgan fingerprint density at radius 3 is 2.75 bits per heavy atom. The molecule has 2 aromatic rings. The summed E-state index contributed by atoms with van der Waals surface area (Å²) in [6, 6.07) is 10.4. The van der Waals surface area contributed by atoms with Gasteiger partial charge < -0.3 is 5.32 Å². The lowest BCUT2D eigenvalue weighted by Crippen LogP contribution is -2.26. The maximum absolute atomic E-state index is 12.7. The summed E-state index contributed by atoms with van der Waals surface area (Å²) in [5, 5.41) is 4.88. The Hall–Kier alpha value is -1.33. The number of carbonyl (C=O) groups excluding carboxylic acids is 1. The molecule has 0 unspecified atom stereocenters. The molecule has 0 aliphatic carbocycles. The number of hydrogen-bond donors (Lipinski definition) is 1. The van der Waals surface area contributed by atoms with Crippen molar-refractivity contribution < 1.29 is 9.18 Å². The molecule has 0 aliphatic heterocycles. The van der Waals surface area contributed by atoms with E-state index in [1.807, 2.05) is 17.5 Å². The number of nitrogens with one attached hydrogen (secondary N) is 1. The minimum Gasteiger partial charge on any atom is -0.356 e. The van der Waals surface area contributed by atoms with E-state index in [4.69, 9.17) is 0 Å². The molecule has 1 aromatic carbocycles. The van der Waals surface area contributed by atoms with Gasteiger partial charge in [0.25, 0.3) is 0 Å². The van der Waals surface area contributed by atoms with Crippen LogP contribution in [0.5, 0.6) is 0 Å². The molecule has 1 aromatic heterocycles. The second-order valence-corrected chi connectivity index (χ2v) is 6.46. The highest BCUT2D eigenvalue weighted by Gasteiger charge is 2.03. The monoisotopic (exact) mass is 309 g/mol. The molecule has 0 atom stereocenters. The molecule has 0 bridgehead atoms. The first-order valence-electron chi connectivity index (χ1n) is 6.41. The number of thiophene rings is 1. The van der Waals surface area contributed by atoms with Gasteiger partial charge in [0.05, 0.1) is 6.42 Å². The molecule has 0 saturated heterocycles. The predicted molar refractivity (Wildman–Crippen MR) is 82.8 cm³/mol. The van der Waals surface area contributed by atoms with Crippen LogP contribution in [0.15, 0.2) is 46.7 Å². The molecular weight excluding hydrogens is 293 g/mol. The van der Waals surface area contributed by atoms with Gasteiger partial charge in [-0.25, -0.2) is 4.39 Å². The van der Waals surface area contributed by atoms with Crippen molar-refractivity contribution in [3.8, 4) is 0 Å². The fourth-order valence-corrected chi connectivity index (χ4v) is 3.21. The summed E-state index contributed by atoms with van der Waals surface area (Å²) in [5.74, 6) is 0.764. The third-order valence-corrected chi connectivity index (χ3v) is 4.62. The van der Waals surface area contributed by atoms with Gasteiger partial charge in [0.15, 0.2) is 0 Å². The van der Waals surface area contributed by atoms with Crippen LogP contribution in [0.25, 0.3) is 0 Å². The smallest absolute Gasteiger partial charge is 0.225 e. The third-order valence-electron chi connectivity index (χ3n) is 2.64. The topological polar surface area (TPSA) is 29.1 Å². The van der Waals surface area contributed by atoms with E-state index < -0.39 is 0 Å². The number of benzene rings is 1. The summed E-state index contributed by atoms with van der Waals surface area (Å²) >= 11 is 3.27. The van der Waals surface area contributed by atoms with Gasteiger partial charge in [-0.3, -0.25) is 4.79 Å². The number of amides is 1. The lowest BCUT2D eigenvalue weighted by atomic mass is 10.3. The number of halogens is 1. The summed E-state index contributed by atoms with van der Waals surface area (Å²) in [6.07, 6.45) is 1.36. The van der Waals surface area contributed by atoms with Crippen molar-refractivity contribution in [3.63, 3.8) is 0 Å². The van der Waals surface area contributed by atoms with Crippen LogP contribution < -0.4 is 5.32 Å². The minimum absolute atomic E-state index is 0.0687. The van der Waals surface area contributed by atoms with Crippen LogP contribution in [0.2, 0.25) is 0 Å². The normalized spacial score (nSPS) is 10.4. The molecule has 20 heavy (non-hydrogen) atoms. The van der Waals surface area contributed by atoms with E-state index in [2.05, 4.69) is 5.32 Å². The Morgan fingerprint density at radius 1 is 1.25 bits per heavy atom. The molecule has 0 radical (unpaired) electrons. The van der Waals surface area contributed by atoms with Crippen LogP contribution in [-0.4, -0.2) is 18.2 Å². The van der Waals surface area contributed by atoms with Crippen LogP contribution in [0.4, 0.5) is 4.39 Å². The summed E-state index contributed by atoms with van der Waals surface area (Å²) in [4.78, 5) is 13.8. The van der Waals surface area contributed by atoms with Crippen LogP contribution in [-0.2, 0) is 11.2 Å². The molecule has 0 saturated carbocycles. The van der Waals surface area contributed by atoms with Gasteiger partial charge >= 0.3 is 0 Å². The summed E-state index contributed by atoms with van der Waals surface area (Å²) in [7, 11) is 0. The average molecular weight is 309 g/mol.